The lowest BCUT2D eigenvalue weighted by Gasteiger charge is -2.09. The van der Waals surface area contributed by atoms with Crippen LogP contribution in [0.25, 0.3) is 0 Å². The first-order valence-corrected chi connectivity index (χ1v) is 5.97. The van der Waals surface area contributed by atoms with Crippen molar-refractivity contribution in [2.24, 2.45) is 0 Å². The van der Waals surface area contributed by atoms with Crippen LogP contribution in [0.5, 0.6) is 0 Å². The molecule has 0 saturated carbocycles. The van der Waals surface area contributed by atoms with E-state index in [0.29, 0.717) is 11.3 Å². The predicted molar refractivity (Wildman–Crippen MR) is 73.6 cm³/mol. The number of hydrogen-bond donors (Lipinski definition) is 0. The van der Waals surface area contributed by atoms with E-state index >= 15 is 0 Å². The molecule has 1 aromatic carbocycles. The number of anilines is 1. The zero-order valence-corrected chi connectivity index (χ0v) is 11.1. The smallest absolute Gasteiger partial charge is 0.258 e. The molecular formula is C14H11N4O3+. The maximum absolute atomic E-state index is 12.2. The third-order valence-corrected chi connectivity index (χ3v) is 2.91. The van der Waals surface area contributed by atoms with Crippen LogP contribution in [0.1, 0.15) is 5.56 Å². The second kappa shape index (κ2) is 5.79. The minimum absolute atomic E-state index is 0.0365. The zero-order valence-electron chi connectivity index (χ0n) is 11.1. The average molecular weight is 283 g/mol. The van der Waals surface area contributed by atoms with E-state index in [9.17, 15) is 14.9 Å². The SMILES string of the molecule is CN(C(=O)[n+]1ccc(C#N)cc1)c1ccc([N+](=O)[O-])cc1. The van der Waals surface area contributed by atoms with Crippen LogP contribution in [0, 0.1) is 21.4 Å². The van der Waals surface area contributed by atoms with Gasteiger partial charge in [-0.2, -0.15) is 19.5 Å². The molecule has 0 aliphatic rings. The number of nitro benzene ring substituents is 1. The molecule has 0 spiro atoms. The first-order chi connectivity index (χ1) is 10.0. The molecule has 7 nitrogen and oxygen atoms in total. The maximum Gasteiger partial charge on any atom is 0.502 e. The molecule has 1 amide bonds. The van der Waals surface area contributed by atoms with E-state index < -0.39 is 4.92 Å². The zero-order chi connectivity index (χ0) is 15.4. The molecule has 0 bridgehead atoms. The second-order valence-electron chi connectivity index (χ2n) is 4.22. The van der Waals surface area contributed by atoms with Crippen LogP contribution < -0.4 is 9.47 Å². The Balaban J connectivity index is 2.21. The highest BCUT2D eigenvalue weighted by molar-refractivity contribution is 5.85. The molecule has 0 unspecified atom stereocenters. The standard InChI is InChI=1S/C14H11N4O3/c1-16(12-2-4-13(5-3-12)18(20)21)14(19)17-8-6-11(10-15)7-9-17/h2-9H,1H3/q+1. The first kappa shape index (κ1) is 14.1. The van der Waals surface area contributed by atoms with E-state index in [1.807, 2.05) is 6.07 Å². The lowest BCUT2D eigenvalue weighted by atomic mass is 10.2. The predicted octanol–water partition coefficient (Wildman–Crippen LogP) is 1.86. The van der Waals surface area contributed by atoms with E-state index in [2.05, 4.69) is 0 Å². The summed E-state index contributed by atoms with van der Waals surface area (Å²) in [6.07, 6.45) is 2.98. The Labute approximate surface area is 120 Å². The normalized spacial score (nSPS) is 9.71. The third-order valence-electron chi connectivity index (χ3n) is 2.91. The summed E-state index contributed by atoms with van der Waals surface area (Å²) in [5.74, 6) is 0. The fourth-order valence-corrected chi connectivity index (χ4v) is 1.71. The van der Waals surface area contributed by atoms with Crippen LogP contribution in [0.4, 0.5) is 16.2 Å². The quantitative estimate of drug-likeness (QED) is 0.478. The van der Waals surface area contributed by atoms with E-state index in [4.69, 9.17) is 5.26 Å². The van der Waals surface area contributed by atoms with Gasteiger partial charge in [0.15, 0.2) is 0 Å². The Hall–Kier alpha value is -3.27. The van der Waals surface area contributed by atoms with Gasteiger partial charge in [0, 0.05) is 12.1 Å². The molecule has 0 N–H and O–H groups in total. The van der Waals surface area contributed by atoms with Gasteiger partial charge in [0.25, 0.3) is 5.69 Å². The molecular weight excluding hydrogens is 272 g/mol. The number of carbonyl (C=O) groups excluding carboxylic acids is 1. The summed E-state index contributed by atoms with van der Waals surface area (Å²) in [7, 11) is 1.56. The molecule has 0 aliphatic carbocycles. The molecule has 21 heavy (non-hydrogen) atoms. The fraction of sp³-hybridized carbons (Fsp3) is 0.0714. The Kier molecular flexibility index (Phi) is 3.90. The molecule has 0 atom stereocenters. The number of nitro groups is 1. The number of rotatable bonds is 2. The van der Waals surface area contributed by atoms with Crippen LogP contribution in [-0.2, 0) is 0 Å². The monoisotopic (exact) mass is 283 g/mol. The van der Waals surface area contributed by atoms with Crippen molar-refractivity contribution < 1.29 is 14.3 Å². The van der Waals surface area contributed by atoms with Gasteiger partial charge in [-0.1, -0.05) is 0 Å². The molecule has 7 heteroatoms. The summed E-state index contributed by atoms with van der Waals surface area (Å²) < 4.78 is 1.32. The van der Waals surface area contributed by atoms with Gasteiger partial charge in [-0.3, -0.25) is 10.1 Å². The van der Waals surface area contributed by atoms with Gasteiger partial charge in [0.2, 0.25) is 0 Å². The molecule has 0 radical (unpaired) electrons. The number of hydrogen-bond acceptors (Lipinski definition) is 4. The highest BCUT2D eigenvalue weighted by Gasteiger charge is 2.22. The van der Waals surface area contributed by atoms with Gasteiger partial charge in [0.05, 0.1) is 23.6 Å². The van der Waals surface area contributed by atoms with Crippen molar-refractivity contribution in [3.63, 3.8) is 0 Å². The van der Waals surface area contributed by atoms with Gasteiger partial charge in [-0.25, -0.2) is 0 Å². The molecule has 2 rings (SSSR count). The molecule has 1 heterocycles. The van der Waals surface area contributed by atoms with E-state index in [0.717, 1.165) is 0 Å². The number of benzene rings is 1. The van der Waals surface area contributed by atoms with Crippen molar-refractivity contribution in [2.45, 2.75) is 0 Å². The highest BCUT2D eigenvalue weighted by atomic mass is 16.6. The van der Waals surface area contributed by atoms with Crippen molar-refractivity contribution in [3.8, 4) is 6.07 Å². The van der Waals surface area contributed by atoms with Gasteiger partial charge < -0.3 is 0 Å². The van der Waals surface area contributed by atoms with Gasteiger partial charge in [0.1, 0.15) is 18.1 Å². The summed E-state index contributed by atoms with van der Waals surface area (Å²) in [5, 5.41) is 19.3. The van der Waals surface area contributed by atoms with Crippen LogP contribution in [0.3, 0.4) is 0 Å². The number of carbonyl (C=O) groups is 1. The Morgan fingerprint density at radius 3 is 2.29 bits per heavy atom. The van der Waals surface area contributed by atoms with Gasteiger partial charge >= 0.3 is 6.03 Å². The molecule has 2 aromatic rings. The van der Waals surface area contributed by atoms with Crippen LogP contribution in [0.2, 0.25) is 0 Å². The lowest BCUT2D eigenvalue weighted by molar-refractivity contribution is -0.569. The number of non-ortho nitro benzene ring substituents is 1. The minimum atomic E-state index is -0.499. The second-order valence-corrected chi connectivity index (χ2v) is 4.22. The molecule has 0 saturated heterocycles. The van der Waals surface area contributed by atoms with Crippen LogP contribution in [0.15, 0.2) is 48.8 Å². The summed E-state index contributed by atoms with van der Waals surface area (Å²) in [4.78, 5) is 23.7. The molecule has 104 valence electrons. The minimum Gasteiger partial charge on any atom is -0.258 e. The largest absolute Gasteiger partial charge is 0.502 e. The van der Waals surface area contributed by atoms with Crippen molar-refractivity contribution >= 4 is 17.4 Å². The van der Waals surface area contributed by atoms with Crippen molar-refractivity contribution in [3.05, 3.63) is 64.5 Å². The maximum atomic E-state index is 12.2. The summed E-state index contributed by atoms with van der Waals surface area (Å²) in [5.41, 5.74) is 0.949. The van der Waals surface area contributed by atoms with Crippen molar-refractivity contribution in [1.29, 1.82) is 5.26 Å². The number of nitrogens with zero attached hydrogens (tertiary/aromatic N) is 4. The Bertz CT molecular complexity index is 717. The van der Waals surface area contributed by atoms with E-state index in [1.165, 1.54) is 58.3 Å². The van der Waals surface area contributed by atoms with Crippen molar-refractivity contribution in [2.75, 3.05) is 11.9 Å². The molecule has 1 aromatic heterocycles. The fourth-order valence-electron chi connectivity index (χ4n) is 1.71. The van der Waals surface area contributed by atoms with E-state index in [1.54, 1.807) is 7.05 Å². The lowest BCUT2D eigenvalue weighted by Crippen LogP contribution is -2.50. The average Bonchev–Trinajstić information content (AvgIpc) is 2.53. The van der Waals surface area contributed by atoms with Crippen LogP contribution >= 0.6 is 0 Å². The highest BCUT2D eigenvalue weighted by Crippen LogP contribution is 2.18. The summed E-state index contributed by atoms with van der Waals surface area (Å²) in [6.45, 7) is 0. The van der Waals surface area contributed by atoms with Crippen molar-refractivity contribution in [1.82, 2.24) is 0 Å². The number of amides is 1. The molecule has 0 aliphatic heterocycles. The van der Waals surface area contributed by atoms with E-state index in [-0.39, 0.29) is 11.7 Å². The molecule has 0 fully saturated rings. The van der Waals surface area contributed by atoms with Gasteiger partial charge in [-0.15, -0.1) is 0 Å². The van der Waals surface area contributed by atoms with Crippen LogP contribution in [-0.4, -0.2) is 18.0 Å². The third kappa shape index (κ3) is 3.01. The number of nitriles is 1. The summed E-state index contributed by atoms with van der Waals surface area (Å²) in [6, 6.07) is 10.4. The van der Waals surface area contributed by atoms with Gasteiger partial charge in [-0.05, 0) is 24.3 Å². The topological polar surface area (TPSA) is 91.1 Å². The Morgan fingerprint density at radius 1 is 1.24 bits per heavy atom. The Morgan fingerprint density at radius 2 is 1.81 bits per heavy atom. The summed E-state index contributed by atoms with van der Waals surface area (Å²) >= 11 is 0. The first-order valence-electron chi connectivity index (χ1n) is 5.97. The number of aromatic nitrogens is 1. The number of pyridine rings is 1.